The number of ether oxygens (including phenoxy) is 2. The molecule has 12 heteroatoms. The lowest BCUT2D eigenvalue weighted by Gasteiger charge is -2.44. The summed E-state index contributed by atoms with van der Waals surface area (Å²) in [6.07, 6.45) is 0.559. The maximum absolute atomic E-state index is 12.9. The van der Waals surface area contributed by atoms with Crippen LogP contribution in [0.5, 0.6) is 0 Å². The number of hydrogen-bond acceptors (Lipinski definition) is 10. The van der Waals surface area contributed by atoms with Crippen LogP contribution in [0, 0.1) is 16.0 Å². The summed E-state index contributed by atoms with van der Waals surface area (Å²) in [5.74, 6) is -0.236. The van der Waals surface area contributed by atoms with Crippen LogP contribution >= 0.6 is 0 Å². The molecule has 2 saturated heterocycles. The molecule has 57 heavy (non-hydrogen) atoms. The smallest absolute Gasteiger partial charge is 0.271 e. The summed E-state index contributed by atoms with van der Waals surface area (Å²) in [5.41, 5.74) is 8.56. The number of aliphatic hydroxyl groups excluding tert-OH is 1. The predicted molar refractivity (Wildman–Crippen MR) is 217 cm³/mol. The number of para-hydroxylation sites is 2. The van der Waals surface area contributed by atoms with Gasteiger partial charge in [0.05, 0.1) is 41.0 Å². The standard InChI is InChI=1S/C45H44N6O6/c1-30-42(28-49-21-23-50(24-22-49)37-17-19-38(20-18-37)51(54)55)56-45(57-43(30)34-11-9-31(29-52)10-12-34)35-15-13-33(14-16-35)36-6-4-5-32(25-36)26-47-44(53)41-27-46-39-7-2-3-8-40(39)48-41/h2-20,25,27,30,42-43,45,52H,21-24,26,28-29H2,1H3,(H,47,53)/t30-,42+,43+,45+/m1/s1. The monoisotopic (exact) mass is 764 g/mol. The summed E-state index contributed by atoms with van der Waals surface area (Å²) >= 11 is 0. The van der Waals surface area contributed by atoms with Crippen LogP contribution in [0.15, 0.2) is 128 Å². The number of non-ortho nitro benzene ring substituents is 1. The van der Waals surface area contributed by atoms with Crippen molar-refractivity contribution in [1.82, 2.24) is 20.2 Å². The topological polar surface area (TPSA) is 143 Å². The van der Waals surface area contributed by atoms with Gasteiger partial charge in [0.2, 0.25) is 0 Å². The number of carbonyl (C=O) groups is 1. The lowest BCUT2D eigenvalue weighted by molar-refractivity contribution is -0.384. The fourth-order valence-electron chi connectivity index (χ4n) is 7.59. The van der Waals surface area contributed by atoms with Crippen molar-refractivity contribution in [3.8, 4) is 11.1 Å². The van der Waals surface area contributed by atoms with Crippen LogP contribution in [0.2, 0.25) is 0 Å². The first kappa shape index (κ1) is 37.9. The summed E-state index contributed by atoms with van der Waals surface area (Å²) in [6.45, 7) is 6.50. The van der Waals surface area contributed by atoms with Gasteiger partial charge >= 0.3 is 0 Å². The molecule has 5 aromatic carbocycles. The van der Waals surface area contributed by atoms with Crippen molar-refractivity contribution in [2.75, 3.05) is 37.6 Å². The molecule has 2 aliphatic rings. The number of fused-ring (bicyclic) bond motifs is 1. The van der Waals surface area contributed by atoms with Gasteiger partial charge in [-0.15, -0.1) is 0 Å². The molecule has 2 fully saturated rings. The molecule has 2 N–H and O–H groups in total. The zero-order chi connectivity index (χ0) is 39.3. The minimum Gasteiger partial charge on any atom is -0.392 e. The minimum absolute atomic E-state index is 0.0218. The number of nitro groups is 1. The highest BCUT2D eigenvalue weighted by molar-refractivity contribution is 5.93. The maximum Gasteiger partial charge on any atom is 0.271 e. The normalized spacial score (nSPS) is 20.0. The summed E-state index contributed by atoms with van der Waals surface area (Å²) in [5, 5.41) is 23.8. The lowest BCUT2D eigenvalue weighted by Crippen LogP contribution is -2.51. The maximum atomic E-state index is 12.9. The molecule has 0 saturated carbocycles. The van der Waals surface area contributed by atoms with Crippen LogP contribution in [0.4, 0.5) is 11.4 Å². The number of aliphatic hydroxyl groups is 1. The van der Waals surface area contributed by atoms with Crippen molar-refractivity contribution in [2.24, 2.45) is 5.92 Å². The van der Waals surface area contributed by atoms with E-state index in [0.29, 0.717) is 12.1 Å². The number of carbonyl (C=O) groups excluding carboxylic acids is 1. The van der Waals surface area contributed by atoms with Gasteiger partial charge < -0.3 is 24.8 Å². The van der Waals surface area contributed by atoms with E-state index in [2.05, 4.69) is 62.3 Å². The molecule has 0 unspecified atom stereocenters. The second-order valence-electron chi connectivity index (χ2n) is 14.6. The number of benzene rings is 5. The Balaban J connectivity index is 0.943. The van der Waals surface area contributed by atoms with Crippen molar-refractivity contribution in [2.45, 2.75) is 38.6 Å². The van der Waals surface area contributed by atoms with Gasteiger partial charge in [-0.25, -0.2) is 4.98 Å². The second-order valence-corrected chi connectivity index (χ2v) is 14.6. The average molecular weight is 765 g/mol. The Kier molecular flexibility index (Phi) is 11.3. The van der Waals surface area contributed by atoms with E-state index in [1.165, 1.54) is 6.20 Å². The van der Waals surface area contributed by atoms with Crippen LogP contribution in [0.25, 0.3) is 22.2 Å². The number of rotatable bonds is 11. The molecule has 0 radical (unpaired) electrons. The molecule has 1 aromatic heterocycles. The van der Waals surface area contributed by atoms with Gasteiger partial charge in [-0.3, -0.25) is 24.8 Å². The molecule has 0 bridgehead atoms. The zero-order valence-corrected chi connectivity index (χ0v) is 31.6. The molecular formula is C45H44N6O6. The van der Waals surface area contributed by atoms with Gasteiger partial charge in [-0.05, 0) is 58.1 Å². The molecule has 2 aliphatic heterocycles. The minimum atomic E-state index is -0.594. The van der Waals surface area contributed by atoms with E-state index < -0.39 is 6.29 Å². The zero-order valence-electron chi connectivity index (χ0n) is 31.6. The van der Waals surface area contributed by atoms with Crippen molar-refractivity contribution in [1.29, 1.82) is 0 Å². The van der Waals surface area contributed by atoms with Gasteiger partial charge in [0.1, 0.15) is 5.69 Å². The number of amides is 1. The second kappa shape index (κ2) is 17.0. The Labute approximate surface area is 330 Å². The molecule has 4 atom stereocenters. The predicted octanol–water partition coefficient (Wildman–Crippen LogP) is 7.24. The van der Waals surface area contributed by atoms with Crippen LogP contribution in [-0.2, 0) is 22.6 Å². The fraction of sp³-hybridized carbons (Fsp3) is 0.267. The highest BCUT2D eigenvalue weighted by Crippen LogP contribution is 2.42. The molecule has 290 valence electrons. The molecular weight excluding hydrogens is 721 g/mol. The number of nitro benzene ring substituents is 1. The number of nitrogens with zero attached hydrogens (tertiary/aromatic N) is 5. The van der Waals surface area contributed by atoms with E-state index in [1.54, 1.807) is 12.1 Å². The average Bonchev–Trinajstić information content (AvgIpc) is 3.26. The third kappa shape index (κ3) is 8.69. The summed E-state index contributed by atoms with van der Waals surface area (Å²) in [6, 6.07) is 38.5. The first-order chi connectivity index (χ1) is 27.8. The Morgan fingerprint density at radius 2 is 1.54 bits per heavy atom. The van der Waals surface area contributed by atoms with Crippen LogP contribution < -0.4 is 10.2 Å². The highest BCUT2D eigenvalue weighted by atomic mass is 16.7. The first-order valence-electron chi connectivity index (χ1n) is 19.2. The van der Waals surface area contributed by atoms with Crippen LogP contribution in [0.1, 0.15) is 52.1 Å². The van der Waals surface area contributed by atoms with Crippen molar-refractivity contribution in [3.05, 3.63) is 166 Å². The summed E-state index contributed by atoms with van der Waals surface area (Å²) in [7, 11) is 0. The molecule has 6 aromatic rings. The first-order valence-corrected chi connectivity index (χ1v) is 19.2. The third-order valence-electron chi connectivity index (χ3n) is 10.9. The number of anilines is 1. The molecule has 8 rings (SSSR count). The van der Waals surface area contributed by atoms with E-state index in [4.69, 9.17) is 9.47 Å². The number of aromatic nitrogens is 2. The van der Waals surface area contributed by atoms with E-state index in [1.807, 2.05) is 78.9 Å². The van der Waals surface area contributed by atoms with Gasteiger partial charge in [0.15, 0.2) is 6.29 Å². The highest BCUT2D eigenvalue weighted by Gasteiger charge is 2.39. The van der Waals surface area contributed by atoms with Crippen LogP contribution in [-0.4, -0.2) is 69.6 Å². The number of piperazine rings is 1. The van der Waals surface area contributed by atoms with Crippen molar-refractivity contribution >= 4 is 28.3 Å². The van der Waals surface area contributed by atoms with E-state index in [9.17, 15) is 20.0 Å². The van der Waals surface area contributed by atoms with Gasteiger partial charge in [0, 0.05) is 68.6 Å². The largest absolute Gasteiger partial charge is 0.392 e. The number of hydrogen-bond donors (Lipinski definition) is 2. The van der Waals surface area contributed by atoms with E-state index in [-0.39, 0.29) is 46.9 Å². The Morgan fingerprint density at radius 1 is 0.825 bits per heavy atom. The Morgan fingerprint density at radius 3 is 2.26 bits per heavy atom. The molecule has 0 aliphatic carbocycles. The summed E-state index contributed by atoms with van der Waals surface area (Å²) < 4.78 is 13.5. The van der Waals surface area contributed by atoms with Gasteiger partial charge in [-0.1, -0.05) is 85.8 Å². The van der Waals surface area contributed by atoms with E-state index >= 15 is 0 Å². The Bertz CT molecular complexity index is 2330. The molecule has 12 nitrogen and oxygen atoms in total. The Hall–Kier alpha value is -6.05. The molecule has 1 amide bonds. The third-order valence-corrected chi connectivity index (χ3v) is 10.9. The summed E-state index contributed by atoms with van der Waals surface area (Å²) in [4.78, 5) is 37.2. The lowest BCUT2D eigenvalue weighted by atomic mass is 9.89. The van der Waals surface area contributed by atoms with E-state index in [0.717, 1.165) is 77.3 Å². The molecule has 3 heterocycles. The fourth-order valence-corrected chi connectivity index (χ4v) is 7.59. The number of nitrogens with one attached hydrogen (secondary N) is 1. The quantitative estimate of drug-likeness (QED) is 0.102. The van der Waals surface area contributed by atoms with Crippen LogP contribution in [0.3, 0.4) is 0 Å². The van der Waals surface area contributed by atoms with Gasteiger partial charge in [0.25, 0.3) is 11.6 Å². The van der Waals surface area contributed by atoms with Crippen molar-refractivity contribution in [3.63, 3.8) is 0 Å². The SMILES string of the molecule is C[C@@H]1[C@H](CN2CCN(c3ccc([N+](=O)[O-])cc3)CC2)O[C@H](c2ccc(-c3cccc(CNC(=O)c4cnc5ccccc5n4)c3)cc2)O[C@@H]1c1ccc(CO)cc1. The van der Waals surface area contributed by atoms with Gasteiger partial charge in [-0.2, -0.15) is 0 Å². The van der Waals surface area contributed by atoms with Crippen molar-refractivity contribution < 1.29 is 24.3 Å². The molecule has 0 spiro atoms.